The summed E-state index contributed by atoms with van der Waals surface area (Å²) in [6, 6.07) is 5.33. The smallest absolute Gasteiger partial charge is 0.319 e. The number of carbonyl (C=O) groups is 2. The van der Waals surface area contributed by atoms with Crippen molar-refractivity contribution in [3.05, 3.63) is 35.6 Å². The molecule has 1 heterocycles. The first-order valence-electron chi connectivity index (χ1n) is 6.81. The fraction of sp³-hybridized carbons (Fsp3) is 0.467. The number of rotatable bonds is 4. The normalized spacial score (nSPS) is 22.6. The highest BCUT2D eigenvalue weighted by atomic mass is 19.1. The number of nitrogens with one attached hydrogen (secondary N) is 1. The minimum absolute atomic E-state index is 0.200. The predicted octanol–water partition coefficient (Wildman–Crippen LogP) is 2.64. The Kier molecular flexibility index (Phi) is 3.79. The Labute approximate surface area is 118 Å². The van der Waals surface area contributed by atoms with Gasteiger partial charge < -0.3 is 5.32 Å². The SMILES string of the molecule is CC[C@]1(c2ccc(F)cc2)NC(=O)N(CC(C)C)C1=O. The molecular formula is C15H19FN2O2. The molecule has 0 spiro atoms. The zero-order valence-electron chi connectivity index (χ0n) is 11.9. The minimum atomic E-state index is -1.07. The van der Waals surface area contributed by atoms with Crippen LogP contribution in [-0.4, -0.2) is 23.4 Å². The fourth-order valence-corrected chi connectivity index (χ4v) is 2.53. The number of imide groups is 1. The van der Waals surface area contributed by atoms with Crippen molar-refractivity contribution >= 4 is 11.9 Å². The highest BCUT2D eigenvalue weighted by Gasteiger charge is 2.51. The van der Waals surface area contributed by atoms with Crippen LogP contribution in [0.4, 0.5) is 9.18 Å². The predicted molar refractivity (Wildman–Crippen MR) is 73.5 cm³/mol. The van der Waals surface area contributed by atoms with Crippen molar-refractivity contribution in [2.24, 2.45) is 5.92 Å². The van der Waals surface area contributed by atoms with E-state index in [9.17, 15) is 14.0 Å². The van der Waals surface area contributed by atoms with E-state index in [0.29, 0.717) is 18.5 Å². The van der Waals surface area contributed by atoms with Crippen LogP contribution >= 0.6 is 0 Å². The van der Waals surface area contributed by atoms with Crippen LogP contribution in [-0.2, 0) is 10.3 Å². The Morgan fingerprint density at radius 1 is 1.25 bits per heavy atom. The lowest BCUT2D eigenvalue weighted by molar-refractivity contribution is -0.132. The highest BCUT2D eigenvalue weighted by Crippen LogP contribution is 2.32. The summed E-state index contributed by atoms with van der Waals surface area (Å²) in [6.45, 7) is 6.11. The van der Waals surface area contributed by atoms with Gasteiger partial charge in [-0.3, -0.25) is 9.69 Å². The molecule has 4 nitrogen and oxygen atoms in total. The Balaban J connectivity index is 2.39. The van der Waals surface area contributed by atoms with Crippen molar-refractivity contribution in [1.29, 1.82) is 0 Å². The molecule has 0 aliphatic carbocycles. The van der Waals surface area contributed by atoms with Crippen LogP contribution in [0.3, 0.4) is 0 Å². The summed E-state index contributed by atoms with van der Waals surface area (Å²) < 4.78 is 13.0. The monoisotopic (exact) mass is 278 g/mol. The van der Waals surface area contributed by atoms with E-state index in [1.165, 1.54) is 17.0 Å². The number of amides is 3. The average Bonchev–Trinajstić information content (AvgIpc) is 2.64. The standard InChI is InChI=1S/C15H19FN2O2/c1-4-15(11-5-7-12(16)8-6-11)13(19)18(9-10(2)3)14(20)17-15/h5-8,10H,4,9H2,1-3H3,(H,17,20)/t15-/m1/s1. The lowest BCUT2D eigenvalue weighted by Crippen LogP contribution is -2.43. The van der Waals surface area contributed by atoms with Gasteiger partial charge in [-0.25, -0.2) is 9.18 Å². The lowest BCUT2D eigenvalue weighted by atomic mass is 9.87. The first-order chi connectivity index (χ1) is 9.40. The molecule has 3 amide bonds. The van der Waals surface area contributed by atoms with Crippen LogP contribution in [0.25, 0.3) is 0 Å². The molecule has 1 atom stereocenters. The highest BCUT2D eigenvalue weighted by molar-refractivity contribution is 6.07. The maximum Gasteiger partial charge on any atom is 0.325 e. The molecule has 1 saturated heterocycles. The molecule has 1 aliphatic heterocycles. The van der Waals surface area contributed by atoms with Crippen LogP contribution in [0.5, 0.6) is 0 Å². The second kappa shape index (κ2) is 5.23. The molecule has 0 bridgehead atoms. The number of carbonyl (C=O) groups excluding carboxylic acids is 2. The topological polar surface area (TPSA) is 49.4 Å². The number of halogens is 1. The van der Waals surface area contributed by atoms with E-state index in [0.717, 1.165) is 0 Å². The van der Waals surface area contributed by atoms with Crippen molar-refractivity contribution in [3.63, 3.8) is 0 Å². The van der Waals surface area contributed by atoms with Crippen LogP contribution < -0.4 is 5.32 Å². The Morgan fingerprint density at radius 3 is 2.35 bits per heavy atom. The van der Waals surface area contributed by atoms with Crippen LogP contribution in [0.2, 0.25) is 0 Å². The van der Waals surface area contributed by atoms with Crippen molar-refractivity contribution in [2.45, 2.75) is 32.7 Å². The summed E-state index contributed by atoms with van der Waals surface area (Å²) in [4.78, 5) is 25.9. The largest absolute Gasteiger partial charge is 0.325 e. The quantitative estimate of drug-likeness (QED) is 0.861. The van der Waals surface area contributed by atoms with Gasteiger partial charge in [0.25, 0.3) is 5.91 Å². The van der Waals surface area contributed by atoms with E-state index in [2.05, 4.69) is 5.32 Å². The van der Waals surface area contributed by atoms with E-state index in [1.807, 2.05) is 20.8 Å². The van der Waals surface area contributed by atoms with Crippen LogP contribution in [0.15, 0.2) is 24.3 Å². The molecule has 20 heavy (non-hydrogen) atoms. The number of nitrogens with zero attached hydrogens (tertiary/aromatic N) is 1. The van der Waals surface area contributed by atoms with Gasteiger partial charge in [0.1, 0.15) is 11.4 Å². The van der Waals surface area contributed by atoms with Gasteiger partial charge in [-0.1, -0.05) is 32.9 Å². The van der Waals surface area contributed by atoms with Gasteiger partial charge in [0.2, 0.25) is 0 Å². The van der Waals surface area contributed by atoms with E-state index < -0.39 is 5.54 Å². The molecule has 1 aliphatic rings. The third kappa shape index (κ3) is 2.28. The van der Waals surface area contributed by atoms with Gasteiger partial charge in [-0.2, -0.15) is 0 Å². The van der Waals surface area contributed by atoms with Crippen molar-refractivity contribution in [2.75, 3.05) is 6.54 Å². The molecular weight excluding hydrogens is 259 g/mol. The molecule has 1 fully saturated rings. The summed E-state index contributed by atoms with van der Waals surface area (Å²) in [5.74, 6) is -0.424. The van der Waals surface area contributed by atoms with Crippen molar-refractivity contribution in [1.82, 2.24) is 10.2 Å². The summed E-state index contributed by atoms with van der Waals surface area (Å²) in [7, 11) is 0. The molecule has 108 valence electrons. The van der Waals surface area contributed by atoms with E-state index in [-0.39, 0.29) is 23.7 Å². The van der Waals surface area contributed by atoms with E-state index in [1.54, 1.807) is 12.1 Å². The summed E-state index contributed by atoms with van der Waals surface area (Å²) >= 11 is 0. The van der Waals surface area contributed by atoms with Crippen LogP contribution in [0.1, 0.15) is 32.8 Å². The maximum absolute atomic E-state index is 13.0. The molecule has 0 radical (unpaired) electrons. The number of hydrogen-bond donors (Lipinski definition) is 1. The van der Waals surface area contributed by atoms with Crippen molar-refractivity contribution < 1.29 is 14.0 Å². The molecule has 5 heteroatoms. The molecule has 0 aromatic heterocycles. The molecule has 1 aromatic rings. The van der Waals surface area contributed by atoms with Gasteiger partial charge >= 0.3 is 6.03 Å². The van der Waals surface area contributed by atoms with Gasteiger partial charge in [-0.05, 0) is 30.0 Å². The molecule has 0 saturated carbocycles. The van der Waals surface area contributed by atoms with Gasteiger partial charge in [0.05, 0.1) is 0 Å². The Morgan fingerprint density at radius 2 is 1.85 bits per heavy atom. The third-order valence-corrected chi connectivity index (χ3v) is 3.59. The average molecular weight is 278 g/mol. The first-order valence-corrected chi connectivity index (χ1v) is 6.81. The summed E-state index contributed by atoms with van der Waals surface area (Å²) in [5.41, 5.74) is -0.453. The molecule has 1 N–H and O–H groups in total. The summed E-state index contributed by atoms with van der Waals surface area (Å²) in [6.07, 6.45) is 0.428. The second-order valence-corrected chi connectivity index (χ2v) is 5.51. The van der Waals surface area contributed by atoms with Crippen LogP contribution in [0, 0.1) is 11.7 Å². The molecule has 2 rings (SSSR count). The number of benzene rings is 1. The third-order valence-electron chi connectivity index (χ3n) is 3.59. The zero-order valence-corrected chi connectivity index (χ0v) is 11.9. The minimum Gasteiger partial charge on any atom is -0.319 e. The fourth-order valence-electron chi connectivity index (χ4n) is 2.53. The van der Waals surface area contributed by atoms with E-state index in [4.69, 9.17) is 0 Å². The van der Waals surface area contributed by atoms with Gasteiger partial charge in [0.15, 0.2) is 0 Å². The maximum atomic E-state index is 13.0. The first kappa shape index (κ1) is 14.5. The van der Waals surface area contributed by atoms with Gasteiger partial charge in [-0.15, -0.1) is 0 Å². The summed E-state index contributed by atoms with van der Waals surface area (Å²) in [5, 5.41) is 2.77. The molecule has 1 aromatic carbocycles. The van der Waals surface area contributed by atoms with Crippen molar-refractivity contribution in [3.8, 4) is 0 Å². The molecule has 0 unspecified atom stereocenters. The van der Waals surface area contributed by atoms with Gasteiger partial charge in [0, 0.05) is 6.54 Å². The number of urea groups is 1. The Hall–Kier alpha value is -1.91. The zero-order chi connectivity index (χ0) is 14.9. The van der Waals surface area contributed by atoms with E-state index >= 15 is 0 Å². The lowest BCUT2D eigenvalue weighted by Gasteiger charge is -2.26. The second-order valence-electron chi connectivity index (χ2n) is 5.51. The Bertz CT molecular complexity index is 527. The number of hydrogen-bond acceptors (Lipinski definition) is 2.